The van der Waals surface area contributed by atoms with Crippen LogP contribution in [0, 0.1) is 5.92 Å². The number of nitrogens with one attached hydrogen (secondary N) is 4. The van der Waals surface area contributed by atoms with E-state index in [-0.39, 0.29) is 50.8 Å². The molecule has 0 saturated carbocycles. The van der Waals surface area contributed by atoms with E-state index >= 15 is 0 Å². The first-order valence-electron chi connectivity index (χ1n) is 19.8. The standard InChI is InChI=1S/C36H66N12O8/c1-22(2)20-26(31(52)43-21-29(49)50)46-32(53)24(11-4-6-16-38)44-33(54)27-13-8-18-47(27)35(56)28-14-9-19-48(28)34(55)25(12-7-17-42-36(40)41)45-30(51)23(39)10-3-5-15-37/h22-28H,3-21,37-39H2,1-2H3,(H,43,52)(H,44,54)(H,45,51)(H,46,53)(H,49,50)(H4,40,41,42)/t23-,24-,25-,26-,27-,28-/m0/s1. The van der Waals surface area contributed by atoms with Crippen molar-refractivity contribution in [3.8, 4) is 0 Å². The van der Waals surface area contributed by atoms with E-state index in [1.807, 2.05) is 13.8 Å². The molecule has 0 aliphatic carbocycles. The van der Waals surface area contributed by atoms with E-state index in [1.54, 1.807) is 0 Å². The first-order valence-corrected chi connectivity index (χ1v) is 19.8. The Morgan fingerprint density at radius 1 is 0.732 bits per heavy atom. The van der Waals surface area contributed by atoms with Crippen LogP contribution in [0.2, 0.25) is 0 Å². The number of guanidine groups is 1. The zero-order valence-electron chi connectivity index (χ0n) is 33.0. The minimum Gasteiger partial charge on any atom is -0.480 e. The summed E-state index contributed by atoms with van der Waals surface area (Å²) in [7, 11) is 0. The molecule has 0 unspecified atom stereocenters. The summed E-state index contributed by atoms with van der Waals surface area (Å²) >= 11 is 0. The molecule has 0 spiro atoms. The number of carboxylic acids is 1. The van der Waals surface area contributed by atoms with Gasteiger partial charge in [0.1, 0.15) is 36.8 Å². The molecule has 318 valence electrons. The molecule has 20 nitrogen and oxygen atoms in total. The molecule has 0 bridgehead atoms. The average Bonchev–Trinajstić information content (AvgIpc) is 3.84. The molecular formula is C36H66N12O8. The molecule has 2 fully saturated rings. The van der Waals surface area contributed by atoms with Gasteiger partial charge in [0, 0.05) is 19.6 Å². The van der Waals surface area contributed by atoms with Crippen molar-refractivity contribution in [1.29, 1.82) is 0 Å². The predicted octanol–water partition coefficient (Wildman–Crippen LogP) is -2.69. The quantitative estimate of drug-likeness (QED) is 0.0256. The van der Waals surface area contributed by atoms with Gasteiger partial charge in [-0.05, 0) is 96.1 Å². The highest BCUT2D eigenvalue weighted by Gasteiger charge is 2.44. The van der Waals surface area contributed by atoms with Crippen LogP contribution in [-0.2, 0) is 33.6 Å². The number of rotatable bonds is 25. The fourth-order valence-corrected chi connectivity index (χ4v) is 6.95. The van der Waals surface area contributed by atoms with Gasteiger partial charge in [-0.2, -0.15) is 0 Å². The van der Waals surface area contributed by atoms with Gasteiger partial charge in [0.05, 0.1) is 6.04 Å². The van der Waals surface area contributed by atoms with Crippen molar-refractivity contribution in [3.05, 3.63) is 0 Å². The number of aliphatic imine (C=N–C) groups is 1. The van der Waals surface area contributed by atoms with Gasteiger partial charge in [-0.25, -0.2) is 0 Å². The topological polar surface area (TPSA) is 337 Å². The lowest BCUT2D eigenvalue weighted by atomic mass is 10.0. The Bertz CT molecular complexity index is 1360. The van der Waals surface area contributed by atoms with Gasteiger partial charge in [-0.15, -0.1) is 0 Å². The smallest absolute Gasteiger partial charge is 0.322 e. The van der Waals surface area contributed by atoms with Crippen molar-refractivity contribution >= 4 is 47.4 Å². The van der Waals surface area contributed by atoms with Crippen molar-refractivity contribution in [1.82, 2.24) is 31.1 Å². The van der Waals surface area contributed by atoms with Gasteiger partial charge in [0.25, 0.3) is 0 Å². The van der Waals surface area contributed by atoms with Gasteiger partial charge < -0.3 is 64.8 Å². The van der Waals surface area contributed by atoms with Gasteiger partial charge in [0.15, 0.2) is 5.96 Å². The molecule has 0 radical (unpaired) electrons. The Morgan fingerprint density at radius 2 is 1.32 bits per heavy atom. The Labute approximate surface area is 329 Å². The summed E-state index contributed by atoms with van der Waals surface area (Å²) in [6.45, 7) is 4.65. The van der Waals surface area contributed by atoms with Crippen LogP contribution < -0.4 is 49.9 Å². The minimum atomic E-state index is -1.23. The maximum Gasteiger partial charge on any atom is 0.322 e. The summed E-state index contributed by atoms with van der Waals surface area (Å²) in [4.78, 5) is 99.5. The molecular weight excluding hydrogens is 728 g/mol. The number of likely N-dealkylation sites (tertiary alicyclic amines) is 2. The first kappa shape index (κ1) is 47.6. The molecule has 2 heterocycles. The summed E-state index contributed by atoms with van der Waals surface area (Å²) < 4.78 is 0. The van der Waals surface area contributed by atoms with E-state index in [0.29, 0.717) is 77.3 Å². The van der Waals surface area contributed by atoms with E-state index in [1.165, 1.54) is 9.80 Å². The highest BCUT2D eigenvalue weighted by atomic mass is 16.4. The number of carbonyl (C=O) groups excluding carboxylic acids is 6. The van der Waals surface area contributed by atoms with Crippen LogP contribution in [0.15, 0.2) is 4.99 Å². The van der Waals surface area contributed by atoms with Crippen LogP contribution in [0.4, 0.5) is 0 Å². The highest BCUT2D eigenvalue weighted by molar-refractivity contribution is 5.97. The third-order valence-corrected chi connectivity index (χ3v) is 9.86. The average molecular weight is 795 g/mol. The van der Waals surface area contributed by atoms with Crippen molar-refractivity contribution < 1.29 is 38.7 Å². The number of unbranched alkanes of at least 4 members (excludes halogenated alkanes) is 2. The van der Waals surface area contributed by atoms with Gasteiger partial charge >= 0.3 is 5.97 Å². The summed E-state index contributed by atoms with van der Waals surface area (Å²) in [5.74, 6) is -4.56. The summed E-state index contributed by atoms with van der Waals surface area (Å²) in [6.07, 6.45) is 5.51. The van der Waals surface area contributed by atoms with Crippen LogP contribution in [0.5, 0.6) is 0 Å². The summed E-state index contributed by atoms with van der Waals surface area (Å²) in [6, 6.07) is -5.76. The van der Waals surface area contributed by atoms with E-state index in [4.69, 9.17) is 33.8 Å². The molecule has 2 aliphatic heterocycles. The van der Waals surface area contributed by atoms with Crippen LogP contribution in [-0.4, -0.2) is 138 Å². The van der Waals surface area contributed by atoms with Crippen LogP contribution in [0.25, 0.3) is 0 Å². The van der Waals surface area contributed by atoms with Crippen LogP contribution in [0.1, 0.15) is 97.3 Å². The number of hydrogen-bond acceptors (Lipinski definition) is 11. The van der Waals surface area contributed by atoms with Gasteiger partial charge in [-0.1, -0.05) is 20.3 Å². The summed E-state index contributed by atoms with van der Waals surface area (Å²) in [5, 5.41) is 19.6. The SMILES string of the molecule is CC(C)C[C@H](NC(=O)[C@H](CCCCN)NC(=O)[C@@H]1CCCN1C(=O)[C@@H]1CCCN1C(=O)[C@H](CCCN=C(N)N)NC(=O)[C@@H](N)CCCCN)C(=O)NCC(=O)O. The Hall–Kier alpha value is -4.56. The number of carboxylic acid groups (broad SMARTS) is 1. The Balaban J connectivity index is 2.24. The molecule has 15 N–H and O–H groups in total. The number of amides is 6. The van der Waals surface area contributed by atoms with E-state index < -0.39 is 84.2 Å². The zero-order valence-corrected chi connectivity index (χ0v) is 33.0. The number of nitrogens with two attached hydrogens (primary N) is 5. The van der Waals surface area contributed by atoms with Crippen molar-refractivity contribution in [2.24, 2.45) is 39.6 Å². The molecule has 0 aromatic heterocycles. The summed E-state index contributed by atoms with van der Waals surface area (Å²) in [5.41, 5.74) is 28.3. The number of carbonyl (C=O) groups is 7. The monoisotopic (exact) mass is 795 g/mol. The normalized spacial score (nSPS) is 18.8. The van der Waals surface area contributed by atoms with Gasteiger partial charge in [-0.3, -0.25) is 38.6 Å². The Kier molecular flexibility index (Phi) is 21.1. The second kappa shape index (κ2) is 24.8. The molecule has 2 saturated heterocycles. The lowest BCUT2D eigenvalue weighted by molar-refractivity contribution is -0.148. The second-order valence-electron chi connectivity index (χ2n) is 14.9. The lowest BCUT2D eigenvalue weighted by Crippen LogP contribution is -2.59. The van der Waals surface area contributed by atoms with Crippen molar-refractivity contribution in [3.63, 3.8) is 0 Å². The number of nitrogens with zero attached hydrogens (tertiary/aromatic N) is 3. The molecule has 2 aliphatic rings. The molecule has 0 aromatic carbocycles. The third-order valence-electron chi connectivity index (χ3n) is 9.86. The van der Waals surface area contributed by atoms with E-state index in [9.17, 15) is 33.6 Å². The molecule has 6 amide bonds. The molecule has 6 atom stereocenters. The van der Waals surface area contributed by atoms with E-state index in [2.05, 4.69) is 26.3 Å². The van der Waals surface area contributed by atoms with Crippen molar-refractivity contribution in [2.75, 3.05) is 39.3 Å². The molecule has 20 heteroatoms. The zero-order chi connectivity index (χ0) is 41.8. The Morgan fingerprint density at radius 3 is 1.93 bits per heavy atom. The van der Waals surface area contributed by atoms with Crippen LogP contribution >= 0.6 is 0 Å². The lowest BCUT2D eigenvalue weighted by Gasteiger charge is -2.33. The number of aliphatic carboxylic acids is 1. The number of hydrogen-bond donors (Lipinski definition) is 10. The highest BCUT2D eigenvalue weighted by Crippen LogP contribution is 2.26. The fraction of sp³-hybridized carbons (Fsp3) is 0.778. The predicted molar refractivity (Wildman–Crippen MR) is 209 cm³/mol. The molecule has 2 rings (SSSR count). The second-order valence-corrected chi connectivity index (χ2v) is 14.9. The minimum absolute atomic E-state index is 0.0264. The molecule has 0 aromatic rings. The van der Waals surface area contributed by atoms with Crippen LogP contribution in [0.3, 0.4) is 0 Å². The maximum absolute atomic E-state index is 14.2. The third kappa shape index (κ3) is 15.9. The first-order chi connectivity index (χ1) is 26.6. The van der Waals surface area contributed by atoms with Crippen molar-refractivity contribution in [2.45, 2.75) is 134 Å². The fourth-order valence-electron chi connectivity index (χ4n) is 6.95. The largest absolute Gasteiger partial charge is 0.480 e. The van der Waals surface area contributed by atoms with E-state index in [0.717, 1.165) is 0 Å². The maximum atomic E-state index is 14.2. The van der Waals surface area contributed by atoms with Gasteiger partial charge in [0.2, 0.25) is 35.4 Å². The molecule has 56 heavy (non-hydrogen) atoms.